The van der Waals surface area contributed by atoms with Crippen molar-refractivity contribution in [3.8, 4) is 0 Å². The van der Waals surface area contributed by atoms with Gasteiger partial charge in [-0.25, -0.2) is 17.2 Å². The lowest BCUT2D eigenvalue weighted by molar-refractivity contribution is -0.219. The van der Waals surface area contributed by atoms with E-state index in [0.29, 0.717) is 0 Å². The Balaban J connectivity index is 1.51. The van der Waals surface area contributed by atoms with E-state index in [1.54, 1.807) is 0 Å². The molecule has 0 saturated heterocycles. The molecule has 2 bridgehead atoms. The minimum Gasteiger partial charge on any atom is -0.392 e. The third kappa shape index (κ3) is 5.29. The van der Waals surface area contributed by atoms with Crippen LogP contribution in [0.2, 0.25) is 5.02 Å². The maximum absolute atomic E-state index is 13.6. The maximum Gasteiger partial charge on any atom is 0.255 e. The van der Waals surface area contributed by atoms with Gasteiger partial charge in [0.15, 0.2) is 21.5 Å². The second kappa shape index (κ2) is 10.5. The minimum absolute atomic E-state index is 0.00798. The number of halogens is 3. The van der Waals surface area contributed by atoms with Gasteiger partial charge < -0.3 is 20.8 Å². The largest absolute Gasteiger partial charge is 0.392 e. The monoisotopic (exact) mass is 570 g/mol. The Bertz CT molecular complexity index is 1360. The third-order valence-electron chi connectivity index (χ3n) is 7.74. The second-order valence-corrected chi connectivity index (χ2v) is 12.9. The van der Waals surface area contributed by atoms with Crippen LogP contribution in [0.4, 0.5) is 14.5 Å². The van der Waals surface area contributed by atoms with E-state index in [0.717, 1.165) is 18.2 Å². The number of hydrogen-bond donors (Lipinski definition) is 4. The number of carbonyl (C=O) groups is 2. The van der Waals surface area contributed by atoms with Crippen LogP contribution in [0, 0.1) is 29.4 Å². The van der Waals surface area contributed by atoms with E-state index >= 15 is 0 Å². The van der Waals surface area contributed by atoms with E-state index in [1.807, 2.05) is 6.92 Å². The highest BCUT2D eigenvalue weighted by atomic mass is 35.5. The molecule has 2 unspecified atom stereocenters. The SMILES string of the molecule is CC1C2CC(S(=O)(=O)c3cc(C(=O)Nc4ccc(F)c(F)c4)ccc3Cl)CC1C2(O)CC(=O)NC[C@H](C)O. The van der Waals surface area contributed by atoms with Crippen LogP contribution >= 0.6 is 11.6 Å². The first kappa shape index (κ1) is 28.4. The molecule has 3 fully saturated rings. The fourth-order valence-electron chi connectivity index (χ4n) is 5.76. The summed E-state index contributed by atoms with van der Waals surface area (Å²) in [5, 5.41) is 24.6. The lowest BCUT2D eigenvalue weighted by atomic mass is 9.47. The number of aliphatic hydroxyl groups excluding tert-OH is 1. The van der Waals surface area contributed by atoms with Crippen molar-refractivity contribution in [1.82, 2.24) is 5.32 Å². The molecule has 0 heterocycles. The number of rotatable bonds is 8. The van der Waals surface area contributed by atoms with E-state index < -0.39 is 62.1 Å². The van der Waals surface area contributed by atoms with Crippen LogP contribution < -0.4 is 10.6 Å². The summed E-state index contributed by atoms with van der Waals surface area (Å²) in [6.45, 7) is 3.49. The summed E-state index contributed by atoms with van der Waals surface area (Å²) in [6, 6.07) is 6.58. The molecule has 2 aromatic carbocycles. The molecule has 3 atom stereocenters. The Morgan fingerprint density at radius 2 is 1.79 bits per heavy atom. The van der Waals surface area contributed by atoms with Gasteiger partial charge in [0.2, 0.25) is 5.91 Å². The van der Waals surface area contributed by atoms with Crippen LogP contribution in [0.25, 0.3) is 0 Å². The van der Waals surface area contributed by atoms with Crippen LogP contribution in [0.3, 0.4) is 0 Å². The van der Waals surface area contributed by atoms with E-state index in [1.165, 1.54) is 25.1 Å². The normalized spacial score (nSPS) is 27.2. The smallest absolute Gasteiger partial charge is 0.255 e. The molecule has 8 nitrogen and oxygen atoms in total. The van der Waals surface area contributed by atoms with E-state index in [9.17, 15) is 37.0 Å². The number of nitrogens with one attached hydrogen (secondary N) is 2. The fraction of sp³-hybridized carbons (Fsp3) is 0.462. The topological polar surface area (TPSA) is 133 Å². The molecule has 4 N–H and O–H groups in total. The number of fused-ring (bicyclic) bond motifs is 2. The summed E-state index contributed by atoms with van der Waals surface area (Å²) >= 11 is 6.24. The van der Waals surface area contributed by atoms with E-state index in [4.69, 9.17) is 11.6 Å². The Kier molecular flexibility index (Phi) is 7.86. The zero-order chi connectivity index (χ0) is 28.0. The molecule has 38 heavy (non-hydrogen) atoms. The molecule has 12 heteroatoms. The van der Waals surface area contributed by atoms with Gasteiger partial charge in [-0.05, 0) is 67.9 Å². The highest BCUT2D eigenvalue weighted by molar-refractivity contribution is 7.92. The standard InChI is InChI=1S/C26H29ClF2N2O6S/c1-13(32)12-30-24(33)11-26(35)18-9-17(10-19(26)14(18)2)38(36,37)23-7-15(3-5-20(23)27)25(34)31-16-4-6-21(28)22(29)8-16/h3-8,13-14,17-19,32,35H,9-12H2,1-2H3,(H,30,33)(H,31,34)/t13-,14?,17?,18?,19?,26?/m0/s1. The zero-order valence-electron chi connectivity index (χ0n) is 20.7. The number of hydrogen-bond acceptors (Lipinski definition) is 6. The van der Waals surface area contributed by atoms with Crippen molar-refractivity contribution in [2.45, 2.75) is 55.0 Å². The van der Waals surface area contributed by atoms with Gasteiger partial charge in [0.05, 0.1) is 33.3 Å². The van der Waals surface area contributed by atoms with Gasteiger partial charge in [-0.1, -0.05) is 18.5 Å². The second-order valence-electron chi connectivity index (χ2n) is 10.3. The lowest BCUT2D eigenvalue weighted by Crippen LogP contribution is -2.68. The summed E-state index contributed by atoms with van der Waals surface area (Å²) < 4.78 is 53.9. The summed E-state index contributed by atoms with van der Waals surface area (Å²) in [6.07, 6.45) is -0.696. The van der Waals surface area contributed by atoms with Crippen LogP contribution in [0.15, 0.2) is 41.3 Å². The van der Waals surface area contributed by atoms with Crippen molar-refractivity contribution < 1.29 is 37.0 Å². The molecule has 206 valence electrons. The molecule has 3 saturated carbocycles. The number of aliphatic hydroxyl groups is 2. The molecule has 0 aromatic heterocycles. The molecular weight excluding hydrogens is 542 g/mol. The molecular formula is C26H29ClF2N2O6S. The quantitative estimate of drug-likeness (QED) is 0.385. The predicted octanol–water partition coefficient (Wildman–Crippen LogP) is 3.31. The van der Waals surface area contributed by atoms with Gasteiger partial charge in [0.1, 0.15) is 0 Å². The van der Waals surface area contributed by atoms with Crippen molar-refractivity contribution in [2.24, 2.45) is 17.8 Å². The van der Waals surface area contributed by atoms with Crippen LogP contribution in [-0.4, -0.2) is 53.9 Å². The average Bonchev–Trinajstić information content (AvgIpc) is 2.85. The number of benzene rings is 2. The van der Waals surface area contributed by atoms with Crippen molar-refractivity contribution in [3.63, 3.8) is 0 Å². The van der Waals surface area contributed by atoms with Gasteiger partial charge in [-0.2, -0.15) is 0 Å². The summed E-state index contributed by atoms with van der Waals surface area (Å²) in [4.78, 5) is 24.8. The summed E-state index contributed by atoms with van der Waals surface area (Å²) in [5.74, 6) is -4.22. The number of sulfone groups is 1. The number of anilines is 1. The fourth-order valence-corrected chi connectivity index (χ4v) is 8.12. The summed E-state index contributed by atoms with van der Waals surface area (Å²) in [7, 11) is -4.03. The lowest BCUT2D eigenvalue weighted by Gasteiger charge is -2.62. The summed E-state index contributed by atoms with van der Waals surface area (Å²) in [5.41, 5.74) is -1.39. The number of carbonyl (C=O) groups excluding carboxylic acids is 2. The van der Waals surface area contributed by atoms with Gasteiger partial charge >= 0.3 is 0 Å². The molecule has 3 aliphatic carbocycles. The van der Waals surface area contributed by atoms with Crippen LogP contribution in [-0.2, 0) is 14.6 Å². The van der Waals surface area contributed by atoms with Crippen molar-refractivity contribution in [2.75, 3.05) is 11.9 Å². The Hall–Kier alpha value is -2.60. The van der Waals surface area contributed by atoms with Gasteiger partial charge in [-0.15, -0.1) is 0 Å². The minimum atomic E-state index is -4.03. The number of amides is 2. The predicted molar refractivity (Wildman–Crippen MR) is 136 cm³/mol. The molecule has 5 rings (SSSR count). The van der Waals surface area contributed by atoms with Gasteiger partial charge in [-0.3, -0.25) is 9.59 Å². The molecule has 2 amide bonds. The molecule has 3 aliphatic rings. The van der Waals surface area contributed by atoms with E-state index in [2.05, 4.69) is 10.6 Å². The maximum atomic E-state index is 13.6. The molecule has 0 aliphatic heterocycles. The first-order valence-electron chi connectivity index (χ1n) is 12.2. The Morgan fingerprint density at radius 1 is 1.13 bits per heavy atom. The van der Waals surface area contributed by atoms with Crippen LogP contribution in [0.5, 0.6) is 0 Å². The van der Waals surface area contributed by atoms with Crippen molar-refractivity contribution in [1.29, 1.82) is 0 Å². The van der Waals surface area contributed by atoms with Gasteiger partial charge in [0.25, 0.3) is 5.91 Å². The highest BCUT2D eigenvalue weighted by Crippen LogP contribution is 2.60. The zero-order valence-corrected chi connectivity index (χ0v) is 22.3. The average molecular weight is 571 g/mol. The highest BCUT2D eigenvalue weighted by Gasteiger charge is 2.64. The Labute approximate surface area is 224 Å². The first-order valence-corrected chi connectivity index (χ1v) is 14.1. The third-order valence-corrected chi connectivity index (χ3v) is 10.4. The van der Waals surface area contributed by atoms with E-state index in [-0.39, 0.29) is 52.9 Å². The Morgan fingerprint density at radius 3 is 2.39 bits per heavy atom. The first-order chi connectivity index (χ1) is 17.7. The molecule has 0 spiro atoms. The molecule has 0 radical (unpaired) electrons. The van der Waals surface area contributed by atoms with Crippen molar-refractivity contribution in [3.05, 3.63) is 58.6 Å². The van der Waals surface area contributed by atoms with Crippen LogP contribution in [0.1, 0.15) is 43.5 Å². The van der Waals surface area contributed by atoms with Gasteiger partial charge in [0, 0.05) is 23.9 Å². The molecule has 2 aromatic rings. The van der Waals surface area contributed by atoms with Crippen molar-refractivity contribution >= 4 is 38.9 Å².